The number of carbonyl (C=O) groups is 1. The normalized spacial score (nSPS) is 10.5. The van der Waals surface area contributed by atoms with Crippen molar-refractivity contribution < 1.29 is 9.21 Å². The maximum Gasteiger partial charge on any atom is 0.348 e. The van der Waals surface area contributed by atoms with E-state index in [0.29, 0.717) is 16.6 Å². The molecule has 1 heterocycles. The van der Waals surface area contributed by atoms with Crippen molar-refractivity contribution in [3.8, 4) is 0 Å². The van der Waals surface area contributed by atoms with Crippen LogP contribution in [0.2, 0.25) is 0 Å². The van der Waals surface area contributed by atoms with Gasteiger partial charge in [0, 0.05) is 18.2 Å². The van der Waals surface area contributed by atoms with Gasteiger partial charge in [0.15, 0.2) is 0 Å². The molecule has 0 saturated heterocycles. The topological polar surface area (TPSA) is 113 Å². The smallest absolute Gasteiger partial charge is 0.348 e. The third-order valence-corrected chi connectivity index (χ3v) is 3.54. The van der Waals surface area contributed by atoms with Gasteiger partial charge >= 0.3 is 11.6 Å². The lowest BCUT2D eigenvalue weighted by Gasteiger charge is -2.14. The lowest BCUT2D eigenvalue weighted by atomic mass is 10.1. The molecule has 0 saturated carbocycles. The number of amides is 1. The van der Waals surface area contributed by atoms with Gasteiger partial charge in [0.05, 0.1) is 10.9 Å². The summed E-state index contributed by atoms with van der Waals surface area (Å²) >= 11 is 0. The first kappa shape index (κ1) is 15.4. The van der Waals surface area contributed by atoms with E-state index >= 15 is 0 Å². The van der Waals surface area contributed by atoms with Crippen LogP contribution >= 0.6 is 0 Å². The fourth-order valence-corrected chi connectivity index (χ4v) is 2.23. The Kier molecular flexibility index (Phi) is 3.83. The predicted octanol–water partition coefficient (Wildman–Crippen LogP) is 1.75. The number of nitrogens with zero attached hydrogens (tertiary/aromatic N) is 2. The summed E-state index contributed by atoms with van der Waals surface area (Å²) in [6.07, 6.45) is 0. The van der Waals surface area contributed by atoms with Gasteiger partial charge in [-0.25, -0.2) is 4.79 Å². The Morgan fingerprint density at radius 3 is 2.54 bits per heavy atom. The molecule has 120 valence electrons. The number of nitrogen functional groups attached to an aromatic ring is 1. The summed E-state index contributed by atoms with van der Waals surface area (Å²) in [4.78, 5) is 30.0. The number of carbonyl (C=O) groups excluding carboxylic acids is 1. The third-order valence-electron chi connectivity index (χ3n) is 3.54. The molecule has 0 unspecified atom stereocenters. The van der Waals surface area contributed by atoms with Crippen molar-refractivity contribution in [1.29, 1.82) is 5.41 Å². The molecule has 0 radical (unpaired) electrons. The van der Waals surface area contributed by atoms with E-state index in [2.05, 4.69) is 4.98 Å². The second kappa shape index (κ2) is 5.96. The number of amidine groups is 1. The zero-order valence-corrected chi connectivity index (χ0v) is 12.8. The molecule has 1 aromatic heterocycles. The maximum absolute atomic E-state index is 12.4. The minimum atomic E-state index is -0.647. The minimum absolute atomic E-state index is 0.100. The van der Waals surface area contributed by atoms with Crippen molar-refractivity contribution in [2.75, 3.05) is 11.9 Å². The molecule has 2 aromatic carbocycles. The molecule has 3 rings (SSSR count). The molecule has 0 aliphatic rings. The Labute approximate surface area is 136 Å². The second-order valence-corrected chi connectivity index (χ2v) is 5.16. The summed E-state index contributed by atoms with van der Waals surface area (Å²) in [5.41, 5.74) is 5.98. The first-order chi connectivity index (χ1) is 11.5. The van der Waals surface area contributed by atoms with Crippen molar-refractivity contribution in [3.05, 3.63) is 70.1 Å². The van der Waals surface area contributed by atoms with Crippen LogP contribution in [0, 0.1) is 5.41 Å². The van der Waals surface area contributed by atoms with Gasteiger partial charge in [-0.3, -0.25) is 15.1 Å². The number of nitrogens with two attached hydrogens (primary N) is 1. The van der Waals surface area contributed by atoms with Crippen molar-refractivity contribution in [1.82, 2.24) is 4.98 Å². The van der Waals surface area contributed by atoms with E-state index in [0.717, 1.165) is 0 Å². The van der Waals surface area contributed by atoms with Gasteiger partial charge in [0.1, 0.15) is 5.84 Å². The molecular formula is C17H14N4O3. The molecule has 0 aliphatic heterocycles. The molecular weight excluding hydrogens is 308 g/mol. The number of benzene rings is 2. The molecule has 0 atom stereocenters. The van der Waals surface area contributed by atoms with Gasteiger partial charge in [0.25, 0.3) is 5.91 Å². The molecule has 24 heavy (non-hydrogen) atoms. The first-order valence-corrected chi connectivity index (χ1v) is 7.10. The number of nitrogens with one attached hydrogen (secondary N) is 1. The fraction of sp³-hybridized carbons (Fsp3) is 0.0588. The quantitative estimate of drug-likeness (QED) is 0.563. The predicted molar refractivity (Wildman–Crippen MR) is 90.5 cm³/mol. The summed E-state index contributed by atoms with van der Waals surface area (Å²) in [5.74, 6) is -0.497. The van der Waals surface area contributed by atoms with Gasteiger partial charge in [-0.15, -0.1) is 0 Å². The molecule has 3 aromatic rings. The first-order valence-electron chi connectivity index (χ1n) is 7.10. The van der Waals surface area contributed by atoms with E-state index in [9.17, 15) is 9.59 Å². The van der Waals surface area contributed by atoms with Crippen LogP contribution in [0.1, 0.15) is 15.9 Å². The van der Waals surface area contributed by atoms with Crippen LogP contribution in [0.3, 0.4) is 0 Å². The summed E-state index contributed by atoms with van der Waals surface area (Å²) in [6, 6.07) is 13.1. The SMILES string of the molecule is CN(C(=O)c1ccccc1)c1nc2ccc(C(=N)N)cc2c(=O)o1. The average Bonchev–Trinajstić information content (AvgIpc) is 2.60. The lowest BCUT2D eigenvalue weighted by Crippen LogP contribution is -2.28. The van der Waals surface area contributed by atoms with Crippen molar-refractivity contribution >= 4 is 28.7 Å². The lowest BCUT2D eigenvalue weighted by molar-refractivity contribution is 0.0987. The monoisotopic (exact) mass is 322 g/mol. The molecule has 0 spiro atoms. The van der Waals surface area contributed by atoms with Crippen LogP contribution in [0.15, 0.2) is 57.7 Å². The summed E-state index contributed by atoms with van der Waals surface area (Å²) in [7, 11) is 1.48. The van der Waals surface area contributed by atoms with Crippen LogP contribution in [0.25, 0.3) is 10.9 Å². The van der Waals surface area contributed by atoms with Crippen molar-refractivity contribution in [2.24, 2.45) is 5.73 Å². The molecule has 1 amide bonds. The summed E-state index contributed by atoms with van der Waals surface area (Å²) < 4.78 is 5.16. The van der Waals surface area contributed by atoms with E-state index in [1.54, 1.807) is 42.5 Å². The standard InChI is InChI=1S/C17H14N4O3/c1-21(15(22)10-5-3-2-4-6-10)17-20-13-8-7-11(14(18)19)9-12(13)16(23)24-17/h2-9H,1H3,(H3,18,19). The van der Waals surface area contributed by atoms with E-state index in [4.69, 9.17) is 15.6 Å². The number of rotatable bonds is 3. The van der Waals surface area contributed by atoms with E-state index in [1.165, 1.54) is 18.0 Å². The molecule has 7 nitrogen and oxygen atoms in total. The average molecular weight is 322 g/mol. The van der Waals surface area contributed by atoms with Gasteiger partial charge in [-0.2, -0.15) is 4.98 Å². The molecule has 7 heteroatoms. The zero-order chi connectivity index (χ0) is 17.3. The molecule has 0 aliphatic carbocycles. The van der Waals surface area contributed by atoms with Crippen LogP contribution in [-0.2, 0) is 0 Å². The van der Waals surface area contributed by atoms with E-state index in [-0.39, 0.29) is 23.1 Å². The molecule has 3 N–H and O–H groups in total. The number of hydrogen-bond donors (Lipinski definition) is 2. The van der Waals surface area contributed by atoms with Gasteiger partial charge < -0.3 is 10.2 Å². The van der Waals surface area contributed by atoms with Crippen LogP contribution < -0.4 is 16.3 Å². The highest BCUT2D eigenvalue weighted by Gasteiger charge is 2.18. The van der Waals surface area contributed by atoms with Crippen molar-refractivity contribution in [2.45, 2.75) is 0 Å². The Morgan fingerprint density at radius 1 is 1.17 bits per heavy atom. The van der Waals surface area contributed by atoms with Crippen molar-refractivity contribution in [3.63, 3.8) is 0 Å². The van der Waals surface area contributed by atoms with Crippen LogP contribution in [0.4, 0.5) is 6.01 Å². The Bertz CT molecular complexity index is 996. The van der Waals surface area contributed by atoms with Crippen LogP contribution in [0.5, 0.6) is 0 Å². The minimum Gasteiger partial charge on any atom is -0.388 e. The summed E-state index contributed by atoms with van der Waals surface area (Å²) in [6.45, 7) is 0. The number of anilines is 1. The molecule has 0 bridgehead atoms. The maximum atomic E-state index is 12.4. The Hall–Kier alpha value is -3.48. The number of fused-ring (bicyclic) bond motifs is 1. The Balaban J connectivity index is 2.04. The van der Waals surface area contributed by atoms with E-state index < -0.39 is 5.63 Å². The van der Waals surface area contributed by atoms with E-state index in [1.807, 2.05) is 0 Å². The van der Waals surface area contributed by atoms with Gasteiger partial charge in [-0.1, -0.05) is 18.2 Å². The molecule has 0 fully saturated rings. The Morgan fingerprint density at radius 2 is 1.88 bits per heavy atom. The van der Waals surface area contributed by atoms with Gasteiger partial charge in [-0.05, 0) is 30.3 Å². The van der Waals surface area contributed by atoms with Gasteiger partial charge in [0.2, 0.25) is 0 Å². The second-order valence-electron chi connectivity index (χ2n) is 5.16. The third kappa shape index (κ3) is 2.74. The number of aromatic nitrogens is 1. The number of hydrogen-bond acceptors (Lipinski definition) is 5. The zero-order valence-electron chi connectivity index (χ0n) is 12.8. The summed E-state index contributed by atoms with van der Waals surface area (Å²) in [5, 5.41) is 7.62. The van der Waals surface area contributed by atoms with Crippen LogP contribution in [-0.4, -0.2) is 23.8 Å². The highest BCUT2D eigenvalue weighted by molar-refractivity contribution is 6.05. The highest BCUT2D eigenvalue weighted by atomic mass is 16.4. The highest BCUT2D eigenvalue weighted by Crippen LogP contribution is 2.17. The largest absolute Gasteiger partial charge is 0.388 e. The fourth-order valence-electron chi connectivity index (χ4n) is 2.23.